The van der Waals surface area contributed by atoms with E-state index in [4.69, 9.17) is 4.74 Å². The first-order valence-electron chi connectivity index (χ1n) is 6.24. The number of aliphatic hydroxyl groups is 1. The Morgan fingerprint density at radius 3 is 2.50 bits per heavy atom. The third-order valence-electron chi connectivity index (χ3n) is 2.51. The fraction of sp³-hybridized carbons (Fsp3) is 0.538. The van der Waals surface area contributed by atoms with Crippen molar-refractivity contribution in [2.45, 2.75) is 19.1 Å². The fourth-order valence-corrected chi connectivity index (χ4v) is 2.66. The van der Waals surface area contributed by atoms with Gasteiger partial charge in [0, 0.05) is 18.8 Å². The van der Waals surface area contributed by atoms with Crippen LogP contribution in [0.3, 0.4) is 0 Å². The maximum Gasteiger partial charge on any atom is 0.148 e. The molecule has 0 bridgehead atoms. The molecule has 0 saturated heterocycles. The number of benzene rings is 1. The Morgan fingerprint density at radius 1 is 1.35 bits per heavy atom. The van der Waals surface area contributed by atoms with Gasteiger partial charge in [-0.25, -0.2) is 12.8 Å². The van der Waals surface area contributed by atoms with Crippen LogP contribution in [0.25, 0.3) is 0 Å². The van der Waals surface area contributed by atoms with Crippen molar-refractivity contribution in [1.29, 1.82) is 0 Å². The quantitative estimate of drug-likeness (QED) is 0.735. The van der Waals surface area contributed by atoms with Gasteiger partial charge in [0.25, 0.3) is 0 Å². The molecule has 114 valence electrons. The van der Waals surface area contributed by atoms with E-state index in [0.717, 1.165) is 0 Å². The Labute approximate surface area is 118 Å². The number of halogens is 1. The summed E-state index contributed by atoms with van der Waals surface area (Å²) in [5, 5.41) is 12.6. The maximum absolute atomic E-state index is 12.7. The van der Waals surface area contributed by atoms with E-state index in [1.807, 2.05) is 0 Å². The molecular weight excluding hydrogens is 285 g/mol. The lowest BCUT2D eigenvalue weighted by Gasteiger charge is -2.17. The molecule has 5 nitrogen and oxygen atoms in total. The molecule has 2 N–H and O–H groups in total. The normalized spacial score (nSPS) is 14.8. The number of aliphatic hydroxyl groups excluding tert-OH is 1. The highest BCUT2D eigenvalue weighted by Crippen LogP contribution is 2.11. The van der Waals surface area contributed by atoms with Crippen LogP contribution in [0.4, 0.5) is 4.39 Å². The van der Waals surface area contributed by atoms with Crippen molar-refractivity contribution < 1.29 is 22.7 Å². The van der Waals surface area contributed by atoms with Gasteiger partial charge in [-0.15, -0.1) is 0 Å². The molecule has 0 radical (unpaired) electrons. The van der Waals surface area contributed by atoms with E-state index >= 15 is 0 Å². The minimum Gasteiger partial charge on any atom is -0.491 e. The molecule has 2 atom stereocenters. The maximum atomic E-state index is 12.7. The second-order valence-electron chi connectivity index (χ2n) is 4.82. The summed E-state index contributed by atoms with van der Waals surface area (Å²) < 4.78 is 40.1. The summed E-state index contributed by atoms with van der Waals surface area (Å²) in [5.41, 5.74) is 0. The van der Waals surface area contributed by atoms with E-state index in [-0.39, 0.29) is 30.8 Å². The van der Waals surface area contributed by atoms with E-state index in [2.05, 4.69) is 5.32 Å². The van der Waals surface area contributed by atoms with Gasteiger partial charge in [-0.05, 0) is 31.2 Å². The van der Waals surface area contributed by atoms with Gasteiger partial charge in [-0.3, -0.25) is 0 Å². The van der Waals surface area contributed by atoms with Crippen LogP contribution < -0.4 is 10.1 Å². The lowest BCUT2D eigenvalue weighted by molar-refractivity contribution is 0.104. The van der Waals surface area contributed by atoms with Crippen LogP contribution in [0.15, 0.2) is 24.3 Å². The van der Waals surface area contributed by atoms with E-state index in [0.29, 0.717) is 5.75 Å². The molecule has 0 fully saturated rings. The van der Waals surface area contributed by atoms with Crippen LogP contribution in [0, 0.1) is 5.82 Å². The molecule has 0 aromatic heterocycles. The van der Waals surface area contributed by atoms with Crippen molar-refractivity contribution in [1.82, 2.24) is 5.32 Å². The molecule has 0 aliphatic heterocycles. The van der Waals surface area contributed by atoms with Crippen molar-refractivity contribution in [3.05, 3.63) is 30.1 Å². The first kappa shape index (κ1) is 16.9. The Morgan fingerprint density at radius 2 is 1.95 bits per heavy atom. The summed E-state index contributed by atoms with van der Waals surface area (Å²) in [6.07, 6.45) is 0.390. The Kier molecular flexibility index (Phi) is 6.38. The number of ether oxygens (including phenoxy) is 1. The predicted octanol–water partition coefficient (Wildman–Crippen LogP) is 0.588. The molecule has 1 rings (SSSR count). The van der Waals surface area contributed by atoms with Crippen LogP contribution in [-0.4, -0.2) is 50.8 Å². The van der Waals surface area contributed by atoms with Crippen molar-refractivity contribution >= 4 is 9.84 Å². The minimum absolute atomic E-state index is 0.0124. The Hall–Kier alpha value is -1.18. The van der Waals surface area contributed by atoms with E-state index in [9.17, 15) is 17.9 Å². The lowest BCUT2D eigenvalue weighted by Crippen LogP contribution is -2.39. The third kappa shape index (κ3) is 7.42. The highest BCUT2D eigenvalue weighted by atomic mass is 32.2. The predicted molar refractivity (Wildman–Crippen MR) is 75.1 cm³/mol. The minimum atomic E-state index is -3.04. The zero-order chi connectivity index (χ0) is 15.2. The second-order valence-corrected chi connectivity index (χ2v) is 7.01. The van der Waals surface area contributed by atoms with Crippen molar-refractivity contribution in [2.24, 2.45) is 0 Å². The molecule has 1 aromatic carbocycles. The standard InChI is InChI=1S/C13H20FNO4S/c1-10(9-20(2,17)18)15-7-12(16)8-19-13-5-3-11(14)4-6-13/h3-6,10,12,15-16H,7-9H2,1-2H3. The zero-order valence-corrected chi connectivity index (χ0v) is 12.4. The second kappa shape index (κ2) is 7.56. The van der Waals surface area contributed by atoms with E-state index in [1.165, 1.54) is 30.5 Å². The highest BCUT2D eigenvalue weighted by Gasteiger charge is 2.12. The topological polar surface area (TPSA) is 75.6 Å². The Balaban J connectivity index is 2.26. The van der Waals surface area contributed by atoms with Crippen molar-refractivity contribution in [3.63, 3.8) is 0 Å². The molecule has 0 spiro atoms. The molecule has 2 unspecified atom stereocenters. The smallest absolute Gasteiger partial charge is 0.148 e. The molecule has 1 aromatic rings. The summed E-state index contributed by atoms with van der Waals surface area (Å²) in [5.74, 6) is 0.127. The summed E-state index contributed by atoms with van der Waals surface area (Å²) >= 11 is 0. The number of hydrogen-bond donors (Lipinski definition) is 2. The van der Waals surface area contributed by atoms with Crippen LogP contribution >= 0.6 is 0 Å². The van der Waals surface area contributed by atoms with Crippen LogP contribution in [0.2, 0.25) is 0 Å². The first-order valence-corrected chi connectivity index (χ1v) is 8.30. The molecular formula is C13H20FNO4S. The summed E-state index contributed by atoms with van der Waals surface area (Å²) in [4.78, 5) is 0. The molecule has 7 heteroatoms. The summed E-state index contributed by atoms with van der Waals surface area (Å²) in [6, 6.07) is 5.25. The highest BCUT2D eigenvalue weighted by molar-refractivity contribution is 7.90. The average molecular weight is 305 g/mol. The average Bonchev–Trinajstić information content (AvgIpc) is 2.33. The van der Waals surface area contributed by atoms with Crippen molar-refractivity contribution in [3.8, 4) is 5.75 Å². The largest absolute Gasteiger partial charge is 0.491 e. The fourth-order valence-electron chi connectivity index (χ4n) is 1.63. The number of sulfone groups is 1. The molecule has 20 heavy (non-hydrogen) atoms. The van der Waals surface area contributed by atoms with Gasteiger partial charge in [0.2, 0.25) is 0 Å². The Bertz CT molecular complexity index is 504. The molecule has 0 aliphatic rings. The van der Waals surface area contributed by atoms with Gasteiger partial charge in [0.05, 0.1) is 5.75 Å². The van der Waals surface area contributed by atoms with Crippen molar-refractivity contribution in [2.75, 3.05) is 25.2 Å². The van der Waals surface area contributed by atoms with Crippen LogP contribution in [0.1, 0.15) is 6.92 Å². The van der Waals surface area contributed by atoms with Crippen LogP contribution in [-0.2, 0) is 9.84 Å². The van der Waals surface area contributed by atoms with Gasteiger partial charge in [-0.1, -0.05) is 0 Å². The number of rotatable bonds is 8. The third-order valence-corrected chi connectivity index (χ3v) is 3.62. The van der Waals surface area contributed by atoms with Gasteiger partial charge >= 0.3 is 0 Å². The summed E-state index contributed by atoms with van der Waals surface area (Å²) in [7, 11) is -3.04. The van der Waals surface area contributed by atoms with Crippen LogP contribution in [0.5, 0.6) is 5.75 Å². The zero-order valence-electron chi connectivity index (χ0n) is 11.5. The first-order chi connectivity index (χ1) is 9.26. The molecule has 0 saturated carbocycles. The number of hydrogen-bond acceptors (Lipinski definition) is 5. The van der Waals surface area contributed by atoms with Gasteiger partial charge in [-0.2, -0.15) is 0 Å². The lowest BCUT2D eigenvalue weighted by atomic mass is 10.3. The van der Waals surface area contributed by atoms with E-state index < -0.39 is 15.9 Å². The monoisotopic (exact) mass is 305 g/mol. The molecule has 0 aliphatic carbocycles. The van der Waals surface area contributed by atoms with Gasteiger partial charge in [0.1, 0.15) is 34.1 Å². The molecule has 0 amide bonds. The van der Waals surface area contributed by atoms with E-state index in [1.54, 1.807) is 6.92 Å². The number of nitrogens with one attached hydrogen (secondary N) is 1. The molecule has 0 heterocycles. The SMILES string of the molecule is CC(CS(C)(=O)=O)NCC(O)COc1ccc(F)cc1. The summed E-state index contributed by atoms with van der Waals surface area (Å²) in [6.45, 7) is 2.00. The van der Waals surface area contributed by atoms with Gasteiger partial charge in [0.15, 0.2) is 0 Å². The van der Waals surface area contributed by atoms with Gasteiger partial charge < -0.3 is 15.2 Å².